The Bertz CT molecular complexity index is 1030. The Morgan fingerprint density at radius 1 is 0.857 bits per heavy atom. The number of para-hydroxylation sites is 2. The van der Waals surface area contributed by atoms with Crippen molar-refractivity contribution < 1.29 is 4.74 Å². The molecule has 3 aromatic carbocycles. The lowest BCUT2D eigenvalue weighted by molar-refractivity contribution is 0.344. The summed E-state index contributed by atoms with van der Waals surface area (Å²) in [6.07, 6.45) is 0. The van der Waals surface area contributed by atoms with E-state index in [1.165, 1.54) is 5.56 Å². The number of hydrogen-bond acceptors (Lipinski definition) is 4. The quantitative estimate of drug-likeness (QED) is 0.314. The molecule has 0 aliphatic carbocycles. The lowest BCUT2D eigenvalue weighted by atomic mass is 10.1. The van der Waals surface area contributed by atoms with E-state index < -0.39 is 0 Å². The molecule has 0 unspecified atom stereocenters. The van der Waals surface area contributed by atoms with Gasteiger partial charge in [-0.1, -0.05) is 71.9 Å². The van der Waals surface area contributed by atoms with Crippen molar-refractivity contribution in [3.8, 4) is 22.8 Å². The first kappa shape index (κ1) is 18.3. The summed E-state index contributed by atoms with van der Waals surface area (Å²) < 4.78 is 7.92. The molecule has 0 saturated heterocycles. The summed E-state index contributed by atoms with van der Waals surface area (Å²) in [7, 11) is 0. The van der Waals surface area contributed by atoms with Crippen molar-refractivity contribution in [2.75, 3.05) is 12.4 Å². The fourth-order valence-electron chi connectivity index (χ4n) is 2.95. The van der Waals surface area contributed by atoms with Crippen LogP contribution >= 0.6 is 11.8 Å². The molecule has 5 heteroatoms. The minimum atomic E-state index is 0.607. The highest BCUT2D eigenvalue weighted by Gasteiger charge is 2.16. The molecule has 4 nitrogen and oxygen atoms in total. The number of aryl methyl sites for hydroxylation is 1. The summed E-state index contributed by atoms with van der Waals surface area (Å²) in [6.45, 7) is 2.69. The normalized spacial score (nSPS) is 10.8. The van der Waals surface area contributed by atoms with Crippen LogP contribution in [0.25, 0.3) is 17.1 Å². The van der Waals surface area contributed by atoms with Gasteiger partial charge < -0.3 is 4.74 Å². The third-order valence-corrected chi connectivity index (χ3v) is 5.14. The van der Waals surface area contributed by atoms with Crippen molar-refractivity contribution in [2.45, 2.75) is 12.1 Å². The van der Waals surface area contributed by atoms with E-state index in [1.54, 1.807) is 11.8 Å². The van der Waals surface area contributed by atoms with E-state index >= 15 is 0 Å². The van der Waals surface area contributed by atoms with Crippen LogP contribution in [-0.2, 0) is 0 Å². The number of rotatable bonds is 7. The first-order valence-corrected chi connectivity index (χ1v) is 10.2. The Labute approximate surface area is 169 Å². The topological polar surface area (TPSA) is 39.9 Å². The van der Waals surface area contributed by atoms with Gasteiger partial charge in [0.05, 0.1) is 6.61 Å². The molecule has 4 rings (SSSR count). The smallest absolute Gasteiger partial charge is 0.196 e. The summed E-state index contributed by atoms with van der Waals surface area (Å²) >= 11 is 1.65. The van der Waals surface area contributed by atoms with E-state index in [0.29, 0.717) is 6.61 Å². The zero-order valence-corrected chi connectivity index (χ0v) is 16.5. The number of aromatic nitrogens is 3. The van der Waals surface area contributed by atoms with Gasteiger partial charge >= 0.3 is 0 Å². The zero-order valence-electron chi connectivity index (χ0n) is 15.7. The zero-order chi connectivity index (χ0) is 19.2. The monoisotopic (exact) mass is 387 g/mol. The van der Waals surface area contributed by atoms with Gasteiger partial charge in [-0.15, -0.1) is 10.2 Å². The molecule has 4 aromatic rings. The van der Waals surface area contributed by atoms with E-state index in [1.807, 2.05) is 48.5 Å². The third-order valence-electron chi connectivity index (χ3n) is 4.25. The molecule has 0 aliphatic heterocycles. The minimum absolute atomic E-state index is 0.607. The maximum Gasteiger partial charge on any atom is 0.196 e. The van der Waals surface area contributed by atoms with E-state index in [0.717, 1.165) is 33.7 Å². The van der Waals surface area contributed by atoms with Gasteiger partial charge in [-0.2, -0.15) is 0 Å². The molecule has 0 N–H and O–H groups in total. The van der Waals surface area contributed by atoms with Crippen LogP contribution in [0.2, 0.25) is 0 Å². The molecular formula is C23H21N3OS. The highest BCUT2D eigenvalue weighted by molar-refractivity contribution is 7.99. The highest BCUT2D eigenvalue weighted by Crippen LogP contribution is 2.28. The third kappa shape index (κ3) is 4.26. The molecule has 0 aliphatic rings. The maximum absolute atomic E-state index is 5.80. The second-order valence-electron chi connectivity index (χ2n) is 6.36. The average Bonchev–Trinajstić information content (AvgIpc) is 3.16. The summed E-state index contributed by atoms with van der Waals surface area (Å²) in [5, 5.41) is 9.82. The Hall–Kier alpha value is -3.05. The Morgan fingerprint density at radius 3 is 2.36 bits per heavy atom. The van der Waals surface area contributed by atoms with Gasteiger partial charge in [0.2, 0.25) is 0 Å². The van der Waals surface area contributed by atoms with Crippen LogP contribution in [-0.4, -0.2) is 27.1 Å². The molecule has 1 aromatic heterocycles. The molecular weight excluding hydrogens is 366 g/mol. The van der Waals surface area contributed by atoms with Crippen LogP contribution in [0.3, 0.4) is 0 Å². The molecule has 0 bridgehead atoms. The fourth-order valence-corrected chi connectivity index (χ4v) is 3.72. The number of thioether (sulfide) groups is 1. The van der Waals surface area contributed by atoms with Gasteiger partial charge in [-0.05, 0) is 37.3 Å². The maximum atomic E-state index is 5.80. The van der Waals surface area contributed by atoms with E-state index in [4.69, 9.17) is 4.74 Å². The van der Waals surface area contributed by atoms with Crippen LogP contribution < -0.4 is 4.74 Å². The number of ether oxygens (including phenoxy) is 1. The van der Waals surface area contributed by atoms with E-state index in [2.05, 4.69) is 58.1 Å². The Morgan fingerprint density at radius 2 is 1.61 bits per heavy atom. The molecule has 0 fully saturated rings. The first-order chi connectivity index (χ1) is 13.8. The van der Waals surface area contributed by atoms with E-state index in [-0.39, 0.29) is 0 Å². The largest absolute Gasteiger partial charge is 0.493 e. The number of hydrogen-bond donors (Lipinski definition) is 0. The van der Waals surface area contributed by atoms with Crippen molar-refractivity contribution in [1.29, 1.82) is 0 Å². The van der Waals surface area contributed by atoms with Gasteiger partial charge in [-0.25, -0.2) is 0 Å². The predicted molar refractivity (Wildman–Crippen MR) is 114 cm³/mol. The predicted octanol–water partition coefficient (Wildman–Crippen LogP) is 5.41. The molecule has 1 heterocycles. The van der Waals surface area contributed by atoms with Crippen LogP contribution in [0.5, 0.6) is 5.75 Å². The highest BCUT2D eigenvalue weighted by atomic mass is 32.2. The first-order valence-electron chi connectivity index (χ1n) is 9.20. The van der Waals surface area contributed by atoms with Gasteiger partial charge in [-0.3, -0.25) is 4.57 Å². The molecule has 0 saturated carbocycles. The second-order valence-corrected chi connectivity index (χ2v) is 7.42. The summed E-state index contributed by atoms with van der Waals surface area (Å²) in [4.78, 5) is 0. The Kier molecular flexibility index (Phi) is 5.73. The fraction of sp³-hybridized carbons (Fsp3) is 0.130. The van der Waals surface area contributed by atoms with Crippen molar-refractivity contribution in [1.82, 2.24) is 14.8 Å². The van der Waals surface area contributed by atoms with Gasteiger partial charge in [0.1, 0.15) is 5.75 Å². The Balaban J connectivity index is 1.57. The van der Waals surface area contributed by atoms with Crippen molar-refractivity contribution >= 4 is 11.8 Å². The number of benzene rings is 3. The summed E-state index contributed by atoms with van der Waals surface area (Å²) in [5.74, 6) is 2.52. The van der Waals surface area contributed by atoms with Gasteiger partial charge in [0.15, 0.2) is 11.0 Å². The molecule has 0 spiro atoms. The van der Waals surface area contributed by atoms with Crippen LogP contribution in [0.4, 0.5) is 0 Å². The minimum Gasteiger partial charge on any atom is -0.493 e. The standard InChI is InChI=1S/C23H21N3OS/c1-18-9-8-10-19(17-18)22-24-25-23(26(22)20-11-4-2-5-12-20)28-16-15-27-21-13-6-3-7-14-21/h2-14,17H,15-16H2,1H3. The number of nitrogens with zero attached hydrogens (tertiary/aromatic N) is 3. The van der Waals surface area contributed by atoms with Crippen LogP contribution in [0.1, 0.15) is 5.56 Å². The van der Waals surface area contributed by atoms with E-state index in [9.17, 15) is 0 Å². The molecule has 0 radical (unpaired) electrons. The summed E-state index contributed by atoms with van der Waals surface area (Å²) in [5.41, 5.74) is 3.31. The molecule has 140 valence electrons. The second kappa shape index (κ2) is 8.76. The molecule has 28 heavy (non-hydrogen) atoms. The lowest BCUT2D eigenvalue weighted by Crippen LogP contribution is -2.03. The van der Waals surface area contributed by atoms with Crippen LogP contribution in [0.15, 0.2) is 90.1 Å². The summed E-state index contributed by atoms with van der Waals surface area (Å²) in [6, 6.07) is 28.4. The van der Waals surface area contributed by atoms with Crippen molar-refractivity contribution in [3.05, 3.63) is 90.5 Å². The van der Waals surface area contributed by atoms with Gasteiger partial charge in [0, 0.05) is 17.0 Å². The average molecular weight is 388 g/mol. The van der Waals surface area contributed by atoms with Crippen molar-refractivity contribution in [2.24, 2.45) is 0 Å². The van der Waals surface area contributed by atoms with Crippen molar-refractivity contribution in [3.63, 3.8) is 0 Å². The molecule has 0 amide bonds. The molecule has 0 atom stereocenters. The van der Waals surface area contributed by atoms with Crippen LogP contribution in [0, 0.1) is 6.92 Å². The SMILES string of the molecule is Cc1cccc(-c2nnc(SCCOc3ccccc3)n2-c2ccccc2)c1. The lowest BCUT2D eigenvalue weighted by Gasteiger charge is -2.11. The van der Waals surface area contributed by atoms with Gasteiger partial charge in [0.25, 0.3) is 0 Å².